The predicted octanol–water partition coefficient (Wildman–Crippen LogP) is 7.11. The highest BCUT2D eigenvalue weighted by molar-refractivity contribution is 9.10. The average molecular weight is 476 g/mol. The maximum Gasteiger partial charge on any atom is 0.200 e. The second kappa shape index (κ2) is 8.00. The average Bonchev–Trinajstić information content (AvgIpc) is 2.69. The third-order valence-electron chi connectivity index (χ3n) is 4.35. The molecule has 0 saturated heterocycles. The molecule has 6 heteroatoms. The van der Waals surface area contributed by atoms with Crippen molar-refractivity contribution in [2.45, 2.75) is 6.61 Å². The molecule has 140 valence electrons. The Morgan fingerprint density at radius 2 is 1.68 bits per heavy atom. The van der Waals surface area contributed by atoms with Crippen molar-refractivity contribution in [1.29, 1.82) is 0 Å². The Morgan fingerprint density at radius 1 is 0.964 bits per heavy atom. The standard InChI is InChI=1S/C22H13BrCl2O3/c23-14-6-4-13(5-7-14)17-11-28-21-10-15(8-9-16(21)22(17)26)27-12-18-19(24)2-1-3-20(18)25/h1-11H,12H2. The molecule has 0 radical (unpaired) electrons. The van der Waals surface area contributed by atoms with Crippen LogP contribution in [0, 0.1) is 0 Å². The highest BCUT2D eigenvalue weighted by atomic mass is 79.9. The van der Waals surface area contributed by atoms with Gasteiger partial charge in [0.05, 0.1) is 10.9 Å². The van der Waals surface area contributed by atoms with Crippen LogP contribution in [0.5, 0.6) is 5.75 Å². The van der Waals surface area contributed by atoms with Crippen LogP contribution in [0.25, 0.3) is 22.1 Å². The Kier molecular flexibility index (Phi) is 5.44. The van der Waals surface area contributed by atoms with Gasteiger partial charge in [-0.3, -0.25) is 4.79 Å². The number of rotatable bonds is 4. The fraction of sp³-hybridized carbons (Fsp3) is 0.0455. The van der Waals surface area contributed by atoms with E-state index in [4.69, 9.17) is 32.4 Å². The lowest BCUT2D eigenvalue weighted by Crippen LogP contribution is -2.05. The fourth-order valence-corrected chi connectivity index (χ4v) is 3.62. The van der Waals surface area contributed by atoms with E-state index in [-0.39, 0.29) is 12.0 Å². The van der Waals surface area contributed by atoms with E-state index in [0.29, 0.717) is 37.9 Å². The Morgan fingerprint density at radius 3 is 2.39 bits per heavy atom. The molecule has 0 amide bonds. The molecule has 4 aromatic rings. The van der Waals surface area contributed by atoms with Crippen LogP contribution < -0.4 is 10.2 Å². The zero-order valence-corrected chi connectivity index (χ0v) is 17.5. The van der Waals surface area contributed by atoms with Gasteiger partial charge in [0.15, 0.2) is 5.43 Å². The number of fused-ring (bicyclic) bond motifs is 1. The molecule has 0 aliphatic carbocycles. The Hall–Kier alpha value is -2.27. The Labute approximate surface area is 179 Å². The SMILES string of the molecule is O=c1c(-c2ccc(Br)cc2)coc2cc(OCc3c(Cl)cccc3Cl)ccc12. The minimum absolute atomic E-state index is 0.0933. The topological polar surface area (TPSA) is 39.4 Å². The van der Waals surface area contributed by atoms with Crippen molar-refractivity contribution in [1.82, 2.24) is 0 Å². The minimum atomic E-state index is -0.0933. The highest BCUT2D eigenvalue weighted by Crippen LogP contribution is 2.28. The van der Waals surface area contributed by atoms with Crippen LogP contribution in [0.4, 0.5) is 0 Å². The summed E-state index contributed by atoms with van der Waals surface area (Å²) < 4.78 is 12.4. The van der Waals surface area contributed by atoms with Gasteiger partial charge in [-0.25, -0.2) is 0 Å². The summed E-state index contributed by atoms with van der Waals surface area (Å²) in [5.74, 6) is 0.558. The molecular formula is C22H13BrCl2O3. The van der Waals surface area contributed by atoms with E-state index >= 15 is 0 Å². The molecule has 1 aromatic heterocycles. The zero-order valence-electron chi connectivity index (χ0n) is 14.4. The van der Waals surface area contributed by atoms with Crippen molar-refractivity contribution in [2.75, 3.05) is 0 Å². The molecule has 3 nitrogen and oxygen atoms in total. The molecule has 0 N–H and O–H groups in total. The molecule has 0 bridgehead atoms. The van der Waals surface area contributed by atoms with Gasteiger partial charge in [-0.05, 0) is 42.0 Å². The van der Waals surface area contributed by atoms with E-state index < -0.39 is 0 Å². The Balaban J connectivity index is 1.64. The van der Waals surface area contributed by atoms with E-state index in [0.717, 1.165) is 10.0 Å². The normalized spacial score (nSPS) is 11.0. The van der Waals surface area contributed by atoms with Gasteiger partial charge >= 0.3 is 0 Å². The summed E-state index contributed by atoms with van der Waals surface area (Å²) in [5, 5.41) is 1.57. The molecule has 28 heavy (non-hydrogen) atoms. The molecule has 0 saturated carbocycles. The first-order valence-electron chi connectivity index (χ1n) is 8.40. The molecule has 0 unspecified atom stereocenters. The van der Waals surface area contributed by atoms with Gasteiger partial charge in [0.1, 0.15) is 24.2 Å². The van der Waals surface area contributed by atoms with Gasteiger partial charge in [0, 0.05) is 26.1 Å². The van der Waals surface area contributed by atoms with Gasteiger partial charge < -0.3 is 9.15 Å². The van der Waals surface area contributed by atoms with E-state index in [2.05, 4.69) is 15.9 Å². The lowest BCUT2D eigenvalue weighted by Gasteiger charge is -2.10. The molecular weight excluding hydrogens is 463 g/mol. The first-order valence-corrected chi connectivity index (χ1v) is 9.95. The number of hydrogen-bond acceptors (Lipinski definition) is 3. The first kappa shape index (κ1) is 19.1. The molecule has 0 fully saturated rings. The van der Waals surface area contributed by atoms with Gasteiger partial charge in [0.25, 0.3) is 0 Å². The molecule has 0 aliphatic rings. The second-order valence-electron chi connectivity index (χ2n) is 6.13. The maximum absolute atomic E-state index is 12.8. The predicted molar refractivity (Wildman–Crippen MR) is 116 cm³/mol. The van der Waals surface area contributed by atoms with Crippen molar-refractivity contribution in [3.63, 3.8) is 0 Å². The lowest BCUT2D eigenvalue weighted by molar-refractivity contribution is 0.306. The third-order valence-corrected chi connectivity index (χ3v) is 5.58. The summed E-state index contributed by atoms with van der Waals surface area (Å²) in [7, 11) is 0. The first-order chi connectivity index (χ1) is 13.5. The van der Waals surface area contributed by atoms with Gasteiger partial charge in [-0.15, -0.1) is 0 Å². The van der Waals surface area contributed by atoms with Crippen LogP contribution in [-0.2, 0) is 6.61 Å². The number of ether oxygens (including phenoxy) is 1. The maximum atomic E-state index is 12.8. The van der Waals surface area contributed by atoms with Gasteiger partial charge in [0.2, 0.25) is 0 Å². The summed E-state index contributed by atoms with van der Waals surface area (Å²) in [6.45, 7) is 0.214. The summed E-state index contributed by atoms with van der Waals surface area (Å²) >= 11 is 15.7. The van der Waals surface area contributed by atoms with Crippen LogP contribution in [0.2, 0.25) is 10.0 Å². The smallest absolute Gasteiger partial charge is 0.200 e. The van der Waals surface area contributed by atoms with E-state index in [1.165, 1.54) is 6.26 Å². The molecule has 1 heterocycles. The second-order valence-corrected chi connectivity index (χ2v) is 7.86. The molecule has 0 atom stereocenters. The van der Waals surface area contributed by atoms with Crippen LogP contribution in [0.3, 0.4) is 0 Å². The highest BCUT2D eigenvalue weighted by Gasteiger charge is 2.11. The lowest BCUT2D eigenvalue weighted by atomic mass is 10.1. The molecule has 0 spiro atoms. The van der Waals surface area contributed by atoms with Crippen molar-refractivity contribution in [2.24, 2.45) is 0 Å². The van der Waals surface area contributed by atoms with E-state index in [1.807, 2.05) is 24.3 Å². The van der Waals surface area contributed by atoms with E-state index in [9.17, 15) is 4.79 Å². The third kappa shape index (κ3) is 3.81. The molecule has 0 aliphatic heterocycles. The van der Waals surface area contributed by atoms with Crippen LogP contribution >= 0.6 is 39.1 Å². The number of halogens is 3. The van der Waals surface area contributed by atoms with Crippen molar-refractivity contribution >= 4 is 50.1 Å². The van der Waals surface area contributed by atoms with Gasteiger partial charge in [-0.1, -0.05) is 57.3 Å². The van der Waals surface area contributed by atoms with E-state index in [1.54, 1.807) is 36.4 Å². The number of benzene rings is 3. The van der Waals surface area contributed by atoms with Crippen molar-refractivity contribution < 1.29 is 9.15 Å². The number of hydrogen-bond donors (Lipinski definition) is 0. The fourth-order valence-electron chi connectivity index (χ4n) is 2.85. The van der Waals surface area contributed by atoms with Crippen molar-refractivity contribution in [3.05, 3.63) is 97.2 Å². The molecule has 4 rings (SSSR count). The summed E-state index contributed by atoms with van der Waals surface area (Å²) in [6, 6.07) is 17.9. The Bertz CT molecular complexity index is 1200. The summed E-state index contributed by atoms with van der Waals surface area (Å²) in [4.78, 5) is 12.8. The summed E-state index contributed by atoms with van der Waals surface area (Å²) in [6.07, 6.45) is 1.47. The largest absolute Gasteiger partial charge is 0.489 e. The van der Waals surface area contributed by atoms with Crippen LogP contribution in [0.1, 0.15) is 5.56 Å². The molecule has 3 aromatic carbocycles. The minimum Gasteiger partial charge on any atom is -0.489 e. The van der Waals surface area contributed by atoms with Gasteiger partial charge in [-0.2, -0.15) is 0 Å². The zero-order chi connectivity index (χ0) is 19.7. The quantitative estimate of drug-likeness (QED) is 0.315. The van der Waals surface area contributed by atoms with Crippen LogP contribution in [0.15, 0.2) is 80.6 Å². The monoisotopic (exact) mass is 474 g/mol. The summed E-state index contributed by atoms with van der Waals surface area (Å²) in [5.41, 5.74) is 2.37. The van der Waals surface area contributed by atoms with Crippen molar-refractivity contribution in [3.8, 4) is 16.9 Å². The van der Waals surface area contributed by atoms with Crippen LogP contribution in [-0.4, -0.2) is 0 Å².